The first-order valence-electron chi connectivity index (χ1n) is 8.71. The Bertz CT molecular complexity index is 866. The van der Waals surface area contributed by atoms with Crippen LogP contribution in [-0.2, 0) is 11.0 Å². The summed E-state index contributed by atoms with van der Waals surface area (Å²) in [6.07, 6.45) is 10.1. The number of halogens is 2. The third-order valence-corrected chi connectivity index (χ3v) is 44.2. The van der Waals surface area contributed by atoms with Gasteiger partial charge in [-0.25, -0.2) is 0 Å². The van der Waals surface area contributed by atoms with Crippen molar-refractivity contribution in [2.75, 3.05) is 0 Å². The molecule has 0 atom stereocenters. The Morgan fingerprint density at radius 2 is 1.58 bits per heavy atom. The molecule has 1 aliphatic rings. The van der Waals surface area contributed by atoms with Gasteiger partial charge in [-0.15, -0.1) is 24.8 Å². The minimum atomic E-state index is -5.00. The number of rotatable bonds is 2. The SMILES string of the molecule is C[C](C)=[Ti]([CH3])([CH3])([CH3])([CH3])([C]1=CC=CC1)([c]1ccc[nH]1)[C](C)(C)C.Cl.Cl. The quantitative estimate of drug-likeness (QED) is 0.494. The van der Waals surface area contributed by atoms with E-state index in [1.165, 1.54) is 4.00 Å². The van der Waals surface area contributed by atoms with E-state index in [-0.39, 0.29) is 28.5 Å². The van der Waals surface area contributed by atoms with Gasteiger partial charge in [0.2, 0.25) is 0 Å². The van der Waals surface area contributed by atoms with E-state index in [9.17, 15) is 0 Å². The standard InChI is InChI=1S/C5H5.C4H4N.C4H9.C3H6.4CH3.2ClH.Ti/c2*1-2-4-5-3-1;1-4(2)3;1-3-2;;;;;;;/h1-3H,4H2;1-3,5H;1-3H3;1-2H3;4*1H3;2*1H;. The molecule has 1 aliphatic carbocycles. The van der Waals surface area contributed by atoms with Crippen LogP contribution in [0.3, 0.4) is 0 Å². The molecule has 0 amide bonds. The Balaban J connectivity index is 0.00000264. The van der Waals surface area contributed by atoms with Gasteiger partial charge in [-0.3, -0.25) is 0 Å². The zero-order valence-electron chi connectivity index (χ0n) is 17.0. The summed E-state index contributed by atoms with van der Waals surface area (Å²) in [5, 5.41) is 10.5. The van der Waals surface area contributed by atoms with Gasteiger partial charge in [0.25, 0.3) is 0 Å². The number of hydrogen-bond acceptors (Lipinski definition) is 0. The van der Waals surface area contributed by atoms with Gasteiger partial charge in [-0.05, 0) is 0 Å². The molecule has 4 heteroatoms. The predicted molar refractivity (Wildman–Crippen MR) is 116 cm³/mol. The van der Waals surface area contributed by atoms with Crippen molar-refractivity contribution in [3.63, 3.8) is 0 Å². The van der Waals surface area contributed by atoms with Crippen LogP contribution >= 0.6 is 24.8 Å². The van der Waals surface area contributed by atoms with Gasteiger partial charge in [0.1, 0.15) is 0 Å². The fourth-order valence-corrected chi connectivity index (χ4v) is 19.0. The van der Waals surface area contributed by atoms with E-state index < -0.39 is 11.0 Å². The van der Waals surface area contributed by atoms with Crippen molar-refractivity contribution in [2.24, 2.45) is 0 Å². The molecular formula is C20H38Cl2NTi. The van der Waals surface area contributed by atoms with Crippen molar-refractivity contribution in [1.29, 1.82) is 0 Å². The normalized spacial score (nSPS) is 21.1. The average molecular weight is 411 g/mol. The van der Waals surface area contributed by atoms with Crippen LogP contribution in [0.25, 0.3) is 0 Å². The van der Waals surface area contributed by atoms with Gasteiger partial charge in [-0.1, -0.05) is 0 Å². The molecule has 1 aromatic rings. The Labute approximate surface area is 154 Å². The summed E-state index contributed by atoms with van der Waals surface area (Å²) >= 11 is 0. The average Bonchev–Trinajstić information content (AvgIpc) is 3.03. The van der Waals surface area contributed by atoms with Gasteiger partial charge >= 0.3 is 130 Å². The van der Waals surface area contributed by atoms with E-state index in [0.29, 0.717) is 0 Å². The zero-order chi connectivity index (χ0) is 17.2. The number of nitrogens with one attached hydrogen (secondary N) is 1. The van der Waals surface area contributed by atoms with E-state index >= 15 is 0 Å². The smallest absolute Gasteiger partial charge is 0.147 e. The van der Waals surface area contributed by atoms with Crippen molar-refractivity contribution in [3.05, 3.63) is 40.4 Å². The van der Waals surface area contributed by atoms with Crippen LogP contribution in [-0.4, -0.2) is 8.80 Å². The number of hydrogen-bond donors (Lipinski definition) is 1. The first kappa shape index (κ1) is 23.9. The Hall–Kier alpha value is -0.0757. The van der Waals surface area contributed by atoms with Gasteiger partial charge in [0, 0.05) is 0 Å². The van der Waals surface area contributed by atoms with Crippen LogP contribution in [0.15, 0.2) is 40.4 Å². The van der Waals surface area contributed by atoms with Gasteiger partial charge < -0.3 is 0 Å². The second kappa shape index (κ2) is 4.25. The van der Waals surface area contributed by atoms with Crippen molar-refractivity contribution in [3.8, 4) is 0 Å². The largest absolute Gasteiger partial charge is 0.147 e. The predicted octanol–water partition coefficient (Wildman–Crippen LogP) is 7.25. The first-order valence-corrected chi connectivity index (χ1v) is 18.1. The molecule has 0 radical (unpaired) electrons. The Kier molecular flexibility index (Phi) is 4.24. The molecule has 24 heavy (non-hydrogen) atoms. The molecule has 0 unspecified atom stereocenters. The van der Waals surface area contributed by atoms with Crippen LogP contribution in [0.4, 0.5) is 0 Å². The monoisotopic (exact) mass is 410 g/mol. The number of aromatic amines is 1. The van der Waals surface area contributed by atoms with E-state index in [1.54, 1.807) is 7.69 Å². The minimum absolute atomic E-state index is 0. The summed E-state index contributed by atoms with van der Waals surface area (Å²) in [6.45, 7) is 12.1. The molecule has 1 nitrogen and oxygen atoms in total. The first-order chi connectivity index (χ1) is 9.49. The number of H-pyrrole nitrogens is 1. The van der Waals surface area contributed by atoms with Crippen LogP contribution in [0.1, 0.15) is 41.0 Å². The summed E-state index contributed by atoms with van der Waals surface area (Å²) < 4.78 is 4.63. The van der Waals surface area contributed by atoms with Gasteiger partial charge in [0.05, 0.1) is 0 Å². The van der Waals surface area contributed by atoms with Gasteiger partial charge in [0.15, 0.2) is 0 Å². The summed E-state index contributed by atoms with van der Waals surface area (Å²) in [5.74, 6) is 0. The van der Waals surface area contributed by atoms with Crippen molar-refractivity contribution >= 4 is 32.6 Å². The Morgan fingerprint density at radius 1 is 1.04 bits per heavy atom. The minimum Gasteiger partial charge on any atom is -0.147 e. The van der Waals surface area contributed by atoms with Crippen molar-refractivity contribution in [1.82, 2.24) is 4.98 Å². The summed E-state index contributed by atoms with van der Waals surface area (Å²) in [7, 11) is -5.00. The van der Waals surface area contributed by atoms with E-state index in [1.807, 2.05) is 0 Å². The van der Waals surface area contributed by atoms with E-state index in [2.05, 4.69) is 97.1 Å². The molecule has 1 N–H and O–H groups in total. The summed E-state index contributed by atoms with van der Waals surface area (Å²) in [4.78, 5) is 3.69. The molecule has 141 valence electrons. The van der Waals surface area contributed by atoms with Crippen molar-refractivity contribution in [2.45, 2.75) is 65.7 Å². The molecular weight excluding hydrogens is 373 g/mol. The van der Waals surface area contributed by atoms with Crippen LogP contribution < -0.4 is 4.00 Å². The van der Waals surface area contributed by atoms with Crippen LogP contribution in [0.5, 0.6) is 0 Å². The molecule has 0 aromatic carbocycles. The molecule has 0 aliphatic heterocycles. The number of allylic oxidation sites excluding steroid dienone is 4. The zero-order valence-corrected chi connectivity index (χ0v) is 20.2. The maximum atomic E-state index is 3.69. The maximum absolute atomic E-state index is 5.00. The third-order valence-electron chi connectivity index (χ3n) is 11.5. The van der Waals surface area contributed by atoms with E-state index in [0.717, 1.165) is 6.42 Å². The van der Waals surface area contributed by atoms with Crippen LogP contribution in [0, 0.1) is 0 Å². The molecule has 0 saturated heterocycles. The molecule has 1 heterocycles. The second-order valence-corrected chi connectivity index (χ2v) is 43.4. The van der Waals surface area contributed by atoms with Crippen molar-refractivity contribution < 1.29 is 11.0 Å². The summed E-state index contributed by atoms with van der Waals surface area (Å²) in [5.41, 5.74) is 0. The molecule has 1 aromatic heterocycles. The Morgan fingerprint density at radius 3 is 1.88 bits per heavy atom. The van der Waals surface area contributed by atoms with E-state index in [4.69, 9.17) is 0 Å². The second-order valence-electron chi connectivity index (χ2n) is 13.4. The maximum Gasteiger partial charge on any atom is -0.147 e. The van der Waals surface area contributed by atoms with Crippen LogP contribution in [0.2, 0.25) is 24.6 Å². The summed E-state index contributed by atoms with van der Waals surface area (Å²) in [6, 6.07) is 4.49. The third kappa shape index (κ3) is 1.62. The fourth-order valence-electron chi connectivity index (χ4n) is 5.05. The molecule has 0 fully saturated rings. The topological polar surface area (TPSA) is 15.8 Å². The number of aromatic nitrogens is 1. The molecule has 0 bridgehead atoms. The molecule has 0 spiro atoms. The fraction of sp³-hybridized carbons (Fsp3) is 0.550. The molecule has 0 saturated carbocycles. The van der Waals surface area contributed by atoms with Gasteiger partial charge in [-0.2, -0.15) is 0 Å². The molecule has 2 rings (SSSR count).